The van der Waals surface area contributed by atoms with Gasteiger partial charge in [-0.15, -0.1) is 16.4 Å². The molecule has 0 radical (unpaired) electrons. The van der Waals surface area contributed by atoms with Gasteiger partial charge in [0.25, 0.3) is 11.6 Å². The van der Waals surface area contributed by atoms with Crippen molar-refractivity contribution < 1.29 is 28.7 Å². The zero-order chi connectivity index (χ0) is 21.8. The number of anilines is 1. The van der Waals surface area contributed by atoms with Crippen molar-refractivity contribution in [1.82, 2.24) is 20.2 Å². The lowest BCUT2D eigenvalue weighted by Gasteiger charge is -2.11. The Morgan fingerprint density at radius 3 is 2.77 bits per heavy atom. The van der Waals surface area contributed by atoms with Gasteiger partial charge in [-0.1, -0.05) is 0 Å². The molecule has 0 atom stereocenters. The van der Waals surface area contributed by atoms with Crippen LogP contribution in [-0.2, 0) is 9.53 Å². The molecule has 0 saturated heterocycles. The zero-order valence-electron chi connectivity index (χ0n) is 15.7. The van der Waals surface area contributed by atoms with Crippen LogP contribution in [0.15, 0.2) is 29.9 Å². The molecular formula is C17H14N6O7S. The van der Waals surface area contributed by atoms with Crippen LogP contribution in [0.1, 0.15) is 16.1 Å². The first-order valence-electron chi connectivity index (χ1n) is 8.89. The lowest BCUT2D eigenvalue weighted by Crippen LogP contribution is -2.21. The van der Waals surface area contributed by atoms with Crippen LogP contribution >= 0.6 is 11.3 Å². The number of benzene rings is 1. The summed E-state index contributed by atoms with van der Waals surface area (Å²) < 4.78 is 17.3. The number of nitro benzene ring substituents is 1. The van der Waals surface area contributed by atoms with Crippen molar-refractivity contribution in [3.63, 3.8) is 0 Å². The van der Waals surface area contributed by atoms with Gasteiger partial charge in [-0.3, -0.25) is 14.9 Å². The molecule has 14 heteroatoms. The van der Waals surface area contributed by atoms with E-state index < -0.39 is 23.4 Å². The highest BCUT2D eigenvalue weighted by Gasteiger charge is 2.24. The maximum absolute atomic E-state index is 12.4. The Morgan fingerprint density at radius 1 is 1.29 bits per heavy atom. The third kappa shape index (κ3) is 4.42. The number of nitro groups is 1. The van der Waals surface area contributed by atoms with Gasteiger partial charge in [0, 0.05) is 12.5 Å². The fourth-order valence-electron chi connectivity index (χ4n) is 2.74. The van der Waals surface area contributed by atoms with Crippen LogP contribution in [0.4, 0.5) is 11.4 Å². The molecular weight excluding hydrogens is 432 g/mol. The van der Waals surface area contributed by atoms with Crippen molar-refractivity contribution in [3.8, 4) is 17.2 Å². The van der Waals surface area contributed by atoms with E-state index >= 15 is 0 Å². The summed E-state index contributed by atoms with van der Waals surface area (Å²) in [6.45, 7) is 0.0821. The van der Waals surface area contributed by atoms with Gasteiger partial charge in [0.2, 0.25) is 0 Å². The first-order valence-corrected chi connectivity index (χ1v) is 9.77. The minimum Gasteiger partial charge on any atom is -0.489 e. The number of nitrogens with zero attached hydrogens (tertiary/aromatic N) is 5. The van der Waals surface area contributed by atoms with Crippen LogP contribution in [0.25, 0.3) is 5.69 Å². The largest absolute Gasteiger partial charge is 0.489 e. The Hall–Kier alpha value is -4.07. The average Bonchev–Trinajstić information content (AvgIpc) is 3.39. The number of amides is 1. The van der Waals surface area contributed by atoms with E-state index in [0.29, 0.717) is 25.3 Å². The molecule has 1 aliphatic rings. The number of hydrogen-bond donors (Lipinski definition) is 1. The number of aromatic nitrogens is 4. The predicted octanol–water partition coefficient (Wildman–Crippen LogP) is 1.59. The number of nitrogens with one attached hydrogen (secondary N) is 1. The number of fused-ring (bicyclic) bond motifs is 1. The van der Waals surface area contributed by atoms with Crippen molar-refractivity contribution in [1.29, 1.82) is 0 Å². The Kier molecular flexibility index (Phi) is 5.70. The average molecular weight is 446 g/mol. The Bertz CT molecular complexity index is 1130. The zero-order valence-corrected chi connectivity index (χ0v) is 16.5. The quantitative estimate of drug-likeness (QED) is 0.334. The fraction of sp³-hybridized carbons (Fsp3) is 0.235. The van der Waals surface area contributed by atoms with E-state index in [1.54, 1.807) is 11.4 Å². The van der Waals surface area contributed by atoms with Crippen molar-refractivity contribution in [3.05, 3.63) is 44.9 Å². The molecule has 0 aliphatic carbocycles. The van der Waals surface area contributed by atoms with E-state index in [0.717, 1.165) is 11.3 Å². The summed E-state index contributed by atoms with van der Waals surface area (Å²) in [5.41, 5.74) is -0.0668. The van der Waals surface area contributed by atoms with Gasteiger partial charge < -0.3 is 19.5 Å². The summed E-state index contributed by atoms with van der Waals surface area (Å²) in [7, 11) is 0. The van der Waals surface area contributed by atoms with Gasteiger partial charge in [0.1, 0.15) is 16.9 Å². The van der Waals surface area contributed by atoms with Gasteiger partial charge in [0.15, 0.2) is 18.1 Å². The summed E-state index contributed by atoms with van der Waals surface area (Å²) in [6, 6.07) is 4.12. The summed E-state index contributed by atoms with van der Waals surface area (Å²) in [5, 5.41) is 26.1. The number of ether oxygens (including phenoxy) is 3. The van der Waals surface area contributed by atoms with Crippen LogP contribution in [0, 0.1) is 10.1 Å². The van der Waals surface area contributed by atoms with Gasteiger partial charge >= 0.3 is 5.97 Å². The second-order valence-electron chi connectivity index (χ2n) is 6.14. The molecule has 3 aromatic rings. The maximum atomic E-state index is 12.4. The van der Waals surface area contributed by atoms with Crippen LogP contribution in [0.2, 0.25) is 0 Å². The molecule has 1 aliphatic heterocycles. The first kappa shape index (κ1) is 20.2. The topological polar surface area (TPSA) is 161 Å². The number of hydrogen-bond acceptors (Lipinski definition) is 11. The number of thiophene rings is 1. The second kappa shape index (κ2) is 8.74. The molecule has 0 spiro atoms. The van der Waals surface area contributed by atoms with Gasteiger partial charge in [-0.25, -0.2) is 4.79 Å². The lowest BCUT2D eigenvalue weighted by molar-refractivity contribution is -0.384. The van der Waals surface area contributed by atoms with Gasteiger partial charge in [-0.05, 0) is 21.9 Å². The number of tetrazole rings is 1. The lowest BCUT2D eigenvalue weighted by atomic mass is 10.2. The molecule has 0 unspecified atom stereocenters. The third-order valence-electron chi connectivity index (χ3n) is 4.10. The van der Waals surface area contributed by atoms with Gasteiger partial charge in [0.05, 0.1) is 29.9 Å². The highest BCUT2D eigenvalue weighted by atomic mass is 32.1. The highest BCUT2D eigenvalue weighted by molar-refractivity contribution is 7.12. The van der Waals surface area contributed by atoms with E-state index in [2.05, 4.69) is 20.8 Å². The van der Waals surface area contributed by atoms with Crippen molar-refractivity contribution in [2.24, 2.45) is 0 Å². The van der Waals surface area contributed by atoms with Crippen molar-refractivity contribution in [2.45, 2.75) is 6.42 Å². The molecule has 1 aromatic carbocycles. The van der Waals surface area contributed by atoms with E-state index in [1.165, 1.54) is 23.1 Å². The summed E-state index contributed by atoms with van der Waals surface area (Å²) >= 11 is 1.09. The second-order valence-corrected chi connectivity index (χ2v) is 7.05. The van der Waals surface area contributed by atoms with Crippen LogP contribution in [-0.4, -0.2) is 56.8 Å². The maximum Gasteiger partial charge on any atom is 0.351 e. The van der Waals surface area contributed by atoms with E-state index in [1.807, 2.05) is 0 Å². The fourth-order valence-corrected chi connectivity index (χ4v) is 3.51. The number of esters is 1. The minimum atomic E-state index is -0.760. The third-order valence-corrected chi connectivity index (χ3v) is 4.98. The molecule has 0 bridgehead atoms. The summed E-state index contributed by atoms with van der Waals surface area (Å²) in [5.74, 6) is -1.02. The van der Waals surface area contributed by atoms with Crippen LogP contribution < -0.4 is 14.8 Å². The molecule has 4 rings (SSSR count). The Labute approximate surface area is 177 Å². The van der Waals surface area contributed by atoms with E-state index in [-0.39, 0.29) is 27.8 Å². The van der Waals surface area contributed by atoms with Crippen LogP contribution in [0.3, 0.4) is 0 Å². The van der Waals surface area contributed by atoms with Crippen molar-refractivity contribution >= 4 is 34.6 Å². The molecule has 3 heterocycles. The first-order chi connectivity index (χ1) is 15.0. The molecule has 13 nitrogen and oxygen atoms in total. The predicted molar refractivity (Wildman–Crippen MR) is 105 cm³/mol. The molecule has 1 amide bonds. The SMILES string of the molecule is O=C(COC(=O)c1sccc1-n1cnnn1)Nc1cc2c(cc1[N+](=O)[O-])OCCCO2. The monoisotopic (exact) mass is 446 g/mol. The molecule has 0 saturated carbocycles. The summed E-state index contributed by atoms with van der Waals surface area (Å²) in [6.07, 6.45) is 1.93. The molecule has 160 valence electrons. The molecule has 2 aromatic heterocycles. The number of rotatable bonds is 6. The normalized spacial score (nSPS) is 12.6. The smallest absolute Gasteiger partial charge is 0.351 e. The van der Waals surface area contributed by atoms with E-state index in [9.17, 15) is 19.7 Å². The van der Waals surface area contributed by atoms with Crippen molar-refractivity contribution in [2.75, 3.05) is 25.1 Å². The number of carbonyl (C=O) groups is 2. The highest BCUT2D eigenvalue weighted by Crippen LogP contribution is 2.39. The Balaban J connectivity index is 1.45. The van der Waals surface area contributed by atoms with E-state index in [4.69, 9.17) is 14.2 Å². The van der Waals surface area contributed by atoms with Crippen LogP contribution in [0.5, 0.6) is 11.5 Å². The Morgan fingerprint density at radius 2 is 2.06 bits per heavy atom. The standard InChI is InChI=1S/C17H14N6O7S/c24-15(8-30-17(25)16-11(2-5-31-16)22-9-18-20-21-22)19-10-6-13-14(7-12(10)23(26)27)29-4-1-3-28-13/h2,5-7,9H,1,3-4,8H2,(H,19,24). The summed E-state index contributed by atoms with van der Waals surface area (Å²) in [4.78, 5) is 35.6. The molecule has 1 N–H and O–H groups in total. The molecule has 0 fully saturated rings. The van der Waals surface area contributed by atoms with Gasteiger partial charge in [-0.2, -0.15) is 4.68 Å². The number of carbonyl (C=O) groups excluding carboxylic acids is 2. The molecule has 31 heavy (non-hydrogen) atoms. The minimum absolute atomic E-state index is 0.0965.